The number of ether oxygens (including phenoxy) is 2. The van der Waals surface area contributed by atoms with Gasteiger partial charge in [-0.15, -0.1) is 0 Å². The van der Waals surface area contributed by atoms with Crippen molar-refractivity contribution in [2.75, 3.05) is 7.11 Å². The van der Waals surface area contributed by atoms with Crippen LogP contribution in [-0.2, 0) is 15.9 Å². The lowest BCUT2D eigenvalue weighted by Gasteiger charge is -2.14. The van der Waals surface area contributed by atoms with Crippen LogP contribution in [0, 0.1) is 0 Å². The Balaban J connectivity index is 2.48. The molecule has 0 aromatic heterocycles. The molecule has 76 valence electrons. The number of hydrogen-bond donors (Lipinski definition) is 0. The first-order chi connectivity index (χ1) is 6.86. The van der Waals surface area contributed by atoms with E-state index in [1.54, 1.807) is 13.4 Å². The molecule has 0 fully saturated rings. The fourth-order valence-electron chi connectivity index (χ4n) is 1.16. The predicted molar refractivity (Wildman–Crippen MR) is 56.8 cm³/mol. The van der Waals surface area contributed by atoms with Gasteiger partial charge in [-0.3, -0.25) is 0 Å². The van der Waals surface area contributed by atoms with Gasteiger partial charge in [-0.2, -0.15) is 0 Å². The van der Waals surface area contributed by atoms with E-state index in [0.717, 1.165) is 6.42 Å². The first-order valence-corrected chi connectivity index (χ1v) is 4.70. The Morgan fingerprint density at radius 3 is 2.57 bits per heavy atom. The van der Waals surface area contributed by atoms with E-state index >= 15 is 0 Å². The van der Waals surface area contributed by atoms with Crippen molar-refractivity contribution in [3.63, 3.8) is 0 Å². The molecule has 14 heavy (non-hydrogen) atoms. The first-order valence-electron chi connectivity index (χ1n) is 4.70. The van der Waals surface area contributed by atoms with Crippen LogP contribution in [0.5, 0.6) is 0 Å². The summed E-state index contributed by atoms with van der Waals surface area (Å²) >= 11 is 0. The van der Waals surface area contributed by atoms with Crippen LogP contribution in [0.25, 0.3) is 0 Å². The number of hydrogen-bond acceptors (Lipinski definition) is 2. The Morgan fingerprint density at radius 1 is 1.29 bits per heavy atom. The summed E-state index contributed by atoms with van der Waals surface area (Å²) in [6.07, 6.45) is 4.06. The molecule has 0 aliphatic heterocycles. The molecule has 0 aliphatic rings. The lowest BCUT2D eigenvalue weighted by atomic mass is 10.1. The number of benzene rings is 1. The summed E-state index contributed by atoms with van der Waals surface area (Å²) in [4.78, 5) is 0. The molecular formula is C12H16O2. The van der Waals surface area contributed by atoms with Crippen LogP contribution in [0.4, 0.5) is 0 Å². The van der Waals surface area contributed by atoms with Gasteiger partial charge in [0, 0.05) is 13.5 Å². The van der Waals surface area contributed by atoms with Crippen molar-refractivity contribution in [3.8, 4) is 0 Å². The van der Waals surface area contributed by atoms with Gasteiger partial charge >= 0.3 is 0 Å². The van der Waals surface area contributed by atoms with Gasteiger partial charge in [0.05, 0.1) is 6.26 Å². The third-order valence-corrected chi connectivity index (χ3v) is 1.87. The Bertz CT molecular complexity index is 267. The fraction of sp³-hybridized carbons (Fsp3) is 0.333. The van der Waals surface area contributed by atoms with Gasteiger partial charge in [0.25, 0.3) is 0 Å². The second-order valence-corrected chi connectivity index (χ2v) is 2.96. The molecule has 0 heterocycles. The van der Waals surface area contributed by atoms with Crippen LogP contribution >= 0.6 is 0 Å². The molecule has 1 unspecified atom stereocenters. The maximum atomic E-state index is 5.34. The first kappa shape index (κ1) is 10.8. The maximum Gasteiger partial charge on any atom is 0.202 e. The van der Waals surface area contributed by atoms with Crippen LogP contribution in [0.15, 0.2) is 42.7 Å². The Hall–Kier alpha value is -1.28. The largest absolute Gasteiger partial charge is 0.473 e. The van der Waals surface area contributed by atoms with Gasteiger partial charge in [0.15, 0.2) is 0 Å². The average Bonchev–Trinajstić information content (AvgIpc) is 2.25. The van der Waals surface area contributed by atoms with Gasteiger partial charge in [-0.25, -0.2) is 0 Å². The molecule has 1 atom stereocenters. The third kappa shape index (κ3) is 3.62. The summed E-state index contributed by atoms with van der Waals surface area (Å²) < 4.78 is 10.5. The number of allylic oxidation sites excluding steroid dienone is 1. The van der Waals surface area contributed by atoms with E-state index < -0.39 is 0 Å². The Labute approximate surface area is 85.2 Å². The molecule has 0 saturated heterocycles. The molecule has 0 spiro atoms. The van der Waals surface area contributed by atoms with Crippen LogP contribution < -0.4 is 0 Å². The highest BCUT2D eigenvalue weighted by molar-refractivity contribution is 5.15. The fourth-order valence-corrected chi connectivity index (χ4v) is 1.16. The molecule has 1 rings (SSSR count). The number of rotatable bonds is 5. The molecule has 0 bridgehead atoms. The molecule has 2 nitrogen and oxygen atoms in total. The van der Waals surface area contributed by atoms with Crippen molar-refractivity contribution in [1.29, 1.82) is 0 Å². The van der Waals surface area contributed by atoms with E-state index in [2.05, 4.69) is 12.1 Å². The van der Waals surface area contributed by atoms with Crippen LogP contribution in [0.3, 0.4) is 0 Å². The SMILES string of the molecule is C/C=C/OC(Cc1ccccc1)OC. The Kier molecular flexibility index (Phi) is 4.79. The summed E-state index contributed by atoms with van der Waals surface area (Å²) in [5.74, 6) is 0. The predicted octanol–water partition coefficient (Wildman–Crippen LogP) is 2.75. The summed E-state index contributed by atoms with van der Waals surface area (Å²) in [5, 5.41) is 0. The Morgan fingerprint density at radius 2 is 2.00 bits per heavy atom. The molecule has 1 aromatic rings. The third-order valence-electron chi connectivity index (χ3n) is 1.87. The summed E-state index contributed by atoms with van der Waals surface area (Å²) in [7, 11) is 1.65. The lowest BCUT2D eigenvalue weighted by molar-refractivity contribution is -0.0810. The van der Waals surface area contributed by atoms with Crippen molar-refractivity contribution < 1.29 is 9.47 Å². The van der Waals surface area contributed by atoms with Gasteiger partial charge < -0.3 is 9.47 Å². The van der Waals surface area contributed by atoms with E-state index in [4.69, 9.17) is 9.47 Å². The highest BCUT2D eigenvalue weighted by Gasteiger charge is 2.06. The second-order valence-electron chi connectivity index (χ2n) is 2.96. The summed E-state index contributed by atoms with van der Waals surface area (Å²) in [6.45, 7) is 1.91. The minimum absolute atomic E-state index is 0.200. The van der Waals surface area contributed by atoms with Crippen LogP contribution in [0.1, 0.15) is 12.5 Å². The minimum Gasteiger partial charge on any atom is -0.473 e. The number of methoxy groups -OCH3 is 1. The van der Waals surface area contributed by atoms with Crippen molar-refractivity contribution in [1.82, 2.24) is 0 Å². The highest BCUT2D eigenvalue weighted by Crippen LogP contribution is 2.06. The molecule has 0 saturated carbocycles. The molecule has 0 N–H and O–H groups in total. The molecule has 0 amide bonds. The molecule has 0 radical (unpaired) electrons. The minimum atomic E-state index is -0.200. The topological polar surface area (TPSA) is 18.5 Å². The molecule has 0 aliphatic carbocycles. The van der Waals surface area contributed by atoms with E-state index in [-0.39, 0.29) is 6.29 Å². The van der Waals surface area contributed by atoms with Gasteiger partial charge in [-0.1, -0.05) is 36.4 Å². The lowest BCUT2D eigenvalue weighted by Crippen LogP contribution is -2.15. The monoisotopic (exact) mass is 192 g/mol. The highest BCUT2D eigenvalue weighted by atomic mass is 16.7. The van der Waals surface area contributed by atoms with Gasteiger partial charge in [0.1, 0.15) is 0 Å². The van der Waals surface area contributed by atoms with Crippen molar-refractivity contribution in [3.05, 3.63) is 48.2 Å². The van der Waals surface area contributed by atoms with Crippen LogP contribution in [-0.4, -0.2) is 13.4 Å². The van der Waals surface area contributed by atoms with Crippen molar-refractivity contribution in [2.24, 2.45) is 0 Å². The van der Waals surface area contributed by atoms with Gasteiger partial charge in [-0.05, 0) is 12.5 Å². The molecule has 1 aromatic carbocycles. The van der Waals surface area contributed by atoms with Crippen molar-refractivity contribution >= 4 is 0 Å². The zero-order chi connectivity index (χ0) is 10.2. The van der Waals surface area contributed by atoms with Gasteiger partial charge in [0.2, 0.25) is 6.29 Å². The van der Waals surface area contributed by atoms with E-state index in [9.17, 15) is 0 Å². The zero-order valence-electron chi connectivity index (χ0n) is 8.64. The standard InChI is InChI=1S/C12H16O2/c1-3-9-14-12(13-2)10-11-7-5-4-6-8-11/h3-9,12H,10H2,1-2H3/b9-3+. The van der Waals surface area contributed by atoms with Crippen LogP contribution in [0.2, 0.25) is 0 Å². The smallest absolute Gasteiger partial charge is 0.202 e. The van der Waals surface area contributed by atoms with E-state index in [1.807, 2.05) is 31.2 Å². The normalized spacial score (nSPS) is 13.0. The molecular weight excluding hydrogens is 176 g/mol. The second kappa shape index (κ2) is 6.22. The summed E-state index contributed by atoms with van der Waals surface area (Å²) in [5.41, 5.74) is 1.21. The zero-order valence-corrected chi connectivity index (χ0v) is 8.64. The van der Waals surface area contributed by atoms with E-state index in [1.165, 1.54) is 5.56 Å². The van der Waals surface area contributed by atoms with E-state index in [0.29, 0.717) is 0 Å². The average molecular weight is 192 g/mol. The maximum absolute atomic E-state index is 5.34. The summed E-state index contributed by atoms with van der Waals surface area (Å²) in [6, 6.07) is 10.1. The molecule has 2 heteroatoms. The van der Waals surface area contributed by atoms with Crippen molar-refractivity contribution in [2.45, 2.75) is 19.6 Å². The quantitative estimate of drug-likeness (QED) is 0.527.